The molecule has 17 heavy (non-hydrogen) atoms. The average molecular weight is 233 g/mol. The van der Waals surface area contributed by atoms with Gasteiger partial charge in [-0.25, -0.2) is 0 Å². The molecular formula is C13H19N3O. The SMILES string of the molecule is COc1ccc2c(n1)N1CCCCCC1CN2. The van der Waals surface area contributed by atoms with Crippen LogP contribution in [0.25, 0.3) is 0 Å². The Morgan fingerprint density at radius 3 is 3.18 bits per heavy atom. The lowest BCUT2D eigenvalue weighted by molar-refractivity contribution is 0.397. The lowest BCUT2D eigenvalue weighted by Crippen LogP contribution is -2.44. The largest absolute Gasteiger partial charge is 0.481 e. The molecule has 2 aliphatic heterocycles. The molecule has 0 bridgehead atoms. The summed E-state index contributed by atoms with van der Waals surface area (Å²) < 4.78 is 5.23. The van der Waals surface area contributed by atoms with Crippen LogP contribution in [0.3, 0.4) is 0 Å². The third kappa shape index (κ3) is 1.92. The van der Waals surface area contributed by atoms with E-state index in [1.54, 1.807) is 7.11 Å². The highest BCUT2D eigenvalue weighted by molar-refractivity contribution is 5.69. The summed E-state index contributed by atoms with van der Waals surface area (Å²) in [6.45, 7) is 2.17. The molecule has 1 fully saturated rings. The summed E-state index contributed by atoms with van der Waals surface area (Å²) in [5.74, 6) is 1.78. The molecule has 3 rings (SSSR count). The molecule has 0 saturated carbocycles. The van der Waals surface area contributed by atoms with Crippen LogP contribution in [0.1, 0.15) is 25.7 Å². The van der Waals surface area contributed by atoms with Crippen LogP contribution in [-0.4, -0.2) is 31.2 Å². The highest BCUT2D eigenvalue weighted by Gasteiger charge is 2.28. The second-order valence-electron chi connectivity index (χ2n) is 4.80. The topological polar surface area (TPSA) is 37.4 Å². The summed E-state index contributed by atoms with van der Waals surface area (Å²) in [5, 5.41) is 3.48. The molecule has 1 unspecified atom stereocenters. The van der Waals surface area contributed by atoms with E-state index in [9.17, 15) is 0 Å². The minimum atomic E-state index is 0.601. The van der Waals surface area contributed by atoms with E-state index in [2.05, 4.69) is 21.3 Å². The maximum Gasteiger partial charge on any atom is 0.215 e. The van der Waals surface area contributed by atoms with E-state index in [4.69, 9.17) is 4.74 Å². The standard InChI is InChI=1S/C13H19N3O/c1-17-12-7-6-11-13(15-12)16-8-4-2-3-5-10(16)9-14-11/h6-7,10,14H,2-5,8-9H2,1H3. The number of ether oxygens (including phenoxy) is 1. The van der Waals surface area contributed by atoms with Gasteiger partial charge in [0, 0.05) is 25.2 Å². The van der Waals surface area contributed by atoms with Crippen LogP contribution < -0.4 is 15.0 Å². The van der Waals surface area contributed by atoms with Gasteiger partial charge in [-0.3, -0.25) is 0 Å². The zero-order valence-corrected chi connectivity index (χ0v) is 10.3. The fraction of sp³-hybridized carbons (Fsp3) is 0.615. The molecule has 0 aliphatic carbocycles. The van der Waals surface area contributed by atoms with Gasteiger partial charge in [-0.05, 0) is 18.9 Å². The Bertz CT molecular complexity index is 408. The fourth-order valence-electron chi connectivity index (χ4n) is 2.80. The Morgan fingerprint density at radius 2 is 2.29 bits per heavy atom. The van der Waals surface area contributed by atoms with Gasteiger partial charge in [0.1, 0.15) is 0 Å². The Kier molecular flexibility index (Phi) is 2.79. The smallest absolute Gasteiger partial charge is 0.215 e. The van der Waals surface area contributed by atoms with Crippen LogP contribution in [0.2, 0.25) is 0 Å². The maximum atomic E-state index is 5.23. The molecule has 4 heteroatoms. The fourth-order valence-corrected chi connectivity index (χ4v) is 2.80. The second kappa shape index (κ2) is 4.43. The zero-order valence-electron chi connectivity index (χ0n) is 10.3. The maximum absolute atomic E-state index is 5.23. The molecule has 3 heterocycles. The summed E-state index contributed by atoms with van der Waals surface area (Å²) >= 11 is 0. The number of nitrogens with one attached hydrogen (secondary N) is 1. The number of aromatic nitrogens is 1. The van der Waals surface area contributed by atoms with Crippen molar-refractivity contribution >= 4 is 11.5 Å². The lowest BCUT2D eigenvalue weighted by atomic mass is 10.1. The van der Waals surface area contributed by atoms with Crippen molar-refractivity contribution in [3.8, 4) is 5.88 Å². The summed E-state index contributed by atoms with van der Waals surface area (Å²) in [5.41, 5.74) is 1.14. The van der Waals surface area contributed by atoms with Crippen LogP contribution in [0.15, 0.2) is 12.1 Å². The van der Waals surface area contributed by atoms with Gasteiger partial charge < -0.3 is 15.0 Å². The van der Waals surface area contributed by atoms with Crippen molar-refractivity contribution in [2.45, 2.75) is 31.7 Å². The Hall–Kier alpha value is -1.45. The quantitative estimate of drug-likeness (QED) is 0.807. The monoisotopic (exact) mass is 233 g/mol. The van der Waals surface area contributed by atoms with Crippen molar-refractivity contribution in [2.24, 2.45) is 0 Å². The number of hydrogen-bond acceptors (Lipinski definition) is 4. The Morgan fingerprint density at radius 1 is 1.35 bits per heavy atom. The molecule has 0 aromatic carbocycles. The van der Waals surface area contributed by atoms with Crippen molar-refractivity contribution < 1.29 is 4.74 Å². The van der Waals surface area contributed by atoms with Crippen LogP contribution in [0, 0.1) is 0 Å². The van der Waals surface area contributed by atoms with Gasteiger partial charge in [0.2, 0.25) is 5.88 Å². The molecule has 1 saturated heterocycles. The van der Waals surface area contributed by atoms with Crippen molar-refractivity contribution in [1.82, 2.24) is 4.98 Å². The summed E-state index contributed by atoms with van der Waals surface area (Å²) in [4.78, 5) is 7.06. The molecule has 1 aromatic heterocycles. The van der Waals surface area contributed by atoms with E-state index in [1.807, 2.05) is 6.07 Å². The minimum Gasteiger partial charge on any atom is -0.481 e. The van der Waals surface area contributed by atoms with E-state index in [-0.39, 0.29) is 0 Å². The highest BCUT2D eigenvalue weighted by Crippen LogP contribution is 2.34. The van der Waals surface area contributed by atoms with Crippen LogP contribution in [0.4, 0.5) is 11.5 Å². The van der Waals surface area contributed by atoms with Crippen molar-refractivity contribution in [2.75, 3.05) is 30.4 Å². The first-order chi connectivity index (χ1) is 8.38. The summed E-state index contributed by atoms with van der Waals surface area (Å²) in [6, 6.07) is 4.59. The van der Waals surface area contributed by atoms with Crippen molar-refractivity contribution in [3.05, 3.63) is 12.1 Å². The summed E-state index contributed by atoms with van der Waals surface area (Å²) in [7, 11) is 1.67. The normalized spacial score (nSPS) is 23.1. The third-order valence-electron chi connectivity index (χ3n) is 3.74. The first kappa shape index (κ1) is 10.7. The Balaban J connectivity index is 1.96. The zero-order chi connectivity index (χ0) is 11.7. The molecule has 2 aliphatic rings. The molecule has 0 spiro atoms. The van der Waals surface area contributed by atoms with Crippen molar-refractivity contribution in [1.29, 1.82) is 0 Å². The number of hydrogen-bond donors (Lipinski definition) is 1. The molecule has 0 amide bonds. The van der Waals surface area contributed by atoms with Gasteiger partial charge in [-0.15, -0.1) is 0 Å². The van der Waals surface area contributed by atoms with Crippen LogP contribution in [0.5, 0.6) is 5.88 Å². The molecule has 1 N–H and O–H groups in total. The van der Waals surface area contributed by atoms with Gasteiger partial charge in [-0.2, -0.15) is 4.98 Å². The number of nitrogens with zero attached hydrogens (tertiary/aromatic N) is 2. The van der Waals surface area contributed by atoms with E-state index in [1.165, 1.54) is 25.7 Å². The van der Waals surface area contributed by atoms with Crippen LogP contribution >= 0.6 is 0 Å². The molecule has 0 radical (unpaired) electrons. The molecule has 1 aromatic rings. The van der Waals surface area contributed by atoms with Crippen LogP contribution in [-0.2, 0) is 0 Å². The summed E-state index contributed by atoms with van der Waals surface area (Å²) in [6.07, 6.45) is 5.22. The highest BCUT2D eigenvalue weighted by atomic mass is 16.5. The number of anilines is 2. The van der Waals surface area contributed by atoms with E-state index >= 15 is 0 Å². The molecule has 92 valence electrons. The minimum absolute atomic E-state index is 0.601. The van der Waals surface area contributed by atoms with Gasteiger partial charge >= 0.3 is 0 Å². The Labute approximate surface area is 102 Å². The van der Waals surface area contributed by atoms with Gasteiger partial charge in [0.25, 0.3) is 0 Å². The second-order valence-corrected chi connectivity index (χ2v) is 4.80. The first-order valence-electron chi connectivity index (χ1n) is 6.44. The number of fused-ring (bicyclic) bond motifs is 3. The number of rotatable bonds is 1. The molecular weight excluding hydrogens is 214 g/mol. The lowest BCUT2D eigenvalue weighted by Gasteiger charge is -2.37. The van der Waals surface area contributed by atoms with Gasteiger partial charge in [-0.1, -0.05) is 12.8 Å². The average Bonchev–Trinajstić information content (AvgIpc) is 2.63. The predicted molar refractivity (Wildman–Crippen MR) is 68.9 cm³/mol. The third-order valence-corrected chi connectivity index (χ3v) is 3.74. The molecule has 1 atom stereocenters. The predicted octanol–water partition coefficient (Wildman–Crippen LogP) is 2.26. The van der Waals surface area contributed by atoms with E-state index in [0.717, 1.165) is 24.6 Å². The molecule has 4 nitrogen and oxygen atoms in total. The van der Waals surface area contributed by atoms with Gasteiger partial charge in [0.05, 0.1) is 12.8 Å². The van der Waals surface area contributed by atoms with Crippen molar-refractivity contribution in [3.63, 3.8) is 0 Å². The van der Waals surface area contributed by atoms with E-state index in [0.29, 0.717) is 11.9 Å². The number of pyridine rings is 1. The first-order valence-corrected chi connectivity index (χ1v) is 6.44. The van der Waals surface area contributed by atoms with Gasteiger partial charge in [0.15, 0.2) is 5.82 Å². The number of methoxy groups -OCH3 is 1. The van der Waals surface area contributed by atoms with E-state index < -0.39 is 0 Å².